The standard InChI is InChI=1S/C13H15Cl2NO5S/c1-20-11-5-10(12(21-2)4-9(11)14)16-6-8(3-13(16)17)7-22(15,18)19/h4-5,8H,3,6-7H2,1-2H3. The maximum Gasteiger partial charge on any atom is 0.232 e. The Morgan fingerprint density at radius 2 is 1.91 bits per heavy atom. The molecule has 0 aromatic heterocycles. The quantitative estimate of drug-likeness (QED) is 0.746. The molecule has 1 unspecified atom stereocenters. The van der Waals surface area contributed by atoms with Gasteiger partial charge in [0.15, 0.2) is 0 Å². The molecule has 9 heteroatoms. The van der Waals surface area contributed by atoms with E-state index in [4.69, 9.17) is 31.8 Å². The van der Waals surface area contributed by atoms with Crippen LogP contribution in [0.3, 0.4) is 0 Å². The monoisotopic (exact) mass is 367 g/mol. The molecule has 1 aromatic rings. The van der Waals surface area contributed by atoms with Gasteiger partial charge in [-0.1, -0.05) is 11.6 Å². The second kappa shape index (κ2) is 6.52. The van der Waals surface area contributed by atoms with Gasteiger partial charge in [0, 0.05) is 41.7 Å². The van der Waals surface area contributed by atoms with Crippen LogP contribution in [0, 0.1) is 5.92 Å². The molecule has 1 atom stereocenters. The molecule has 1 aromatic carbocycles. The molecule has 0 radical (unpaired) electrons. The smallest absolute Gasteiger partial charge is 0.232 e. The number of ether oxygens (including phenoxy) is 2. The van der Waals surface area contributed by atoms with Crippen molar-refractivity contribution in [2.45, 2.75) is 6.42 Å². The van der Waals surface area contributed by atoms with E-state index < -0.39 is 9.05 Å². The summed E-state index contributed by atoms with van der Waals surface area (Å²) in [5.41, 5.74) is 0.489. The van der Waals surface area contributed by atoms with E-state index in [0.29, 0.717) is 22.2 Å². The van der Waals surface area contributed by atoms with Crippen molar-refractivity contribution in [3.05, 3.63) is 17.2 Å². The second-order valence-corrected chi connectivity index (χ2v) is 8.17. The number of hydrogen-bond donors (Lipinski definition) is 0. The molecule has 1 fully saturated rings. The number of hydrogen-bond acceptors (Lipinski definition) is 5. The summed E-state index contributed by atoms with van der Waals surface area (Å²) in [6.45, 7) is 0.242. The van der Waals surface area contributed by atoms with Crippen LogP contribution in [0.15, 0.2) is 12.1 Å². The van der Waals surface area contributed by atoms with E-state index in [-0.39, 0.29) is 30.5 Å². The summed E-state index contributed by atoms with van der Waals surface area (Å²) in [7, 11) is 4.53. The number of anilines is 1. The molecule has 122 valence electrons. The van der Waals surface area contributed by atoms with Gasteiger partial charge in [0.2, 0.25) is 15.0 Å². The highest BCUT2D eigenvalue weighted by Gasteiger charge is 2.34. The van der Waals surface area contributed by atoms with Gasteiger partial charge in [-0.2, -0.15) is 0 Å². The van der Waals surface area contributed by atoms with Crippen molar-refractivity contribution in [3.63, 3.8) is 0 Å². The Morgan fingerprint density at radius 1 is 1.27 bits per heavy atom. The molecule has 1 heterocycles. The van der Waals surface area contributed by atoms with Crippen LogP contribution in [-0.4, -0.2) is 40.8 Å². The molecule has 0 aliphatic carbocycles. The number of methoxy groups -OCH3 is 2. The average Bonchev–Trinajstić information content (AvgIpc) is 2.76. The van der Waals surface area contributed by atoms with Crippen LogP contribution in [0.2, 0.25) is 5.02 Å². The third kappa shape index (κ3) is 3.77. The van der Waals surface area contributed by atoms with Crippen LogP contribution >= 0.6 is 22.3 Å². The first kappa shape index (κ1) is 17.2. The first-order valence-corrected chi connectivity index (χ1v) is 9.25. The molecule has 0 spiro atoms. The summed E-state index contributed by atoms with van der Waals surface area (Å²) >= 11 is 6.03. The van der Waals surface area contributed by atoms with Gasteiger partial charge in [0.05, 0.1) is 30.7 Å². The summed E-state index contributed by atoms with van der Waals surface area (Å²) < 4.78 is 32.7. The molecule has 0 bridgehead atoms. The molecule has 1 aliphatic rings. The van der Waals surface area contributed by atoms with Gasteiger partial charge in [-0.3, -0.25) is 4.79 Å². The number of nitrogens with zero attached hydrogens (tertiary/aromatic N) is 1. The summed E-state index contributed by atoms with van der Waals surface area (Å²) in [5, 5.41) is 0.356. The normalized spacial score (nSPS) is 18.6. The Bertz CT molecular complexity index is 692. The average molecular weight is 368 g/mol. The number of rotatable bonds is 5. The van der Waals surface area contributed by atoms with E-state index in [9.17, 15) is 13.2 Å². The van der Waals surface area contributed by atoms with Crippen LogP contribution in [-0.2, 0) is 13.8 Å². The minimum atomic E-state index is -3.66. The number of carbonyl (C=O) groups is 1. The predicted molar refractivity (Wildman–Crippen MR) is 84.7 cm³/mol. The largest absolute Gasteiger partial charge is 0.495 e. The highest BCUT2D eigenvalue weighted by molar-refractivity contribution is 8.13. The molecule has 1 saturated heterocycles. The van der Waals surface area contributed by atoms with Gasteiger partial charge < -0.3 is 14.4 Å². The number of amides is 1. The fraction of sp³-hybridized carbons (Fsp3) is 0.462. The van der Waals surface area contributed by atoms with Crippen LogP contribution in [0.5, 0.6) is 11.5 Å². The minimum absolute atomic E-state index is 0.111. The Balaban J connectivity index is 2.33. The van der Waals surface area contributed by atoms with Crippen LogP contribution in [0.4, 0.5) is 5.69 Å². The van der Waals surface area contributed by atoms with E-state index in [1.54, 1.807) is 12.1 Å². The van der Waals surface area contributed by atoms with Gasteiger partial charge in [0.25, 0.3) is 0 Å². The molecule has 0 saturated carbocycles. The van der Waals surface area contributed by atoms with E-state index in [1.807, 2.05) is 0 Å². The molecule has 1 amide bonds. The highest BCUT2D eigenvalue weighted by Crippen LogP contribution is 2.40. The lowest BCUT2D eigenvalue weighted by Gasteiger charge is -2.21. The van der Waals surface area contributed by atoms with Gasteiger partial charge in [-0.25, -0.2) is 8.42 Å². The Kier molecular flexibility index (Phi) is 5.09. The molecule has 6 nitrogen and oxygen atoms in total. The lowest BCUT2D eigenvalue weighted by atomic mass is 10.1. The highest BCUT2D eigenvalue weighted by atomic mass is 35.7. The van der Waals surface area contributed by atoms with Crippen molar-refractivity contribution in [2.24, 2.45) is 5.92 Å². The van der Waals surface area contributed by atoms with Gasteiger partial charge in [0.1, 0.15) is 11.5 Å². The van der Waals surface area contributed by atoms with Crippen LogP contribution < -0.4 is 14.4 Å². The maximum atomic E-state index is 12.2. The lowest BCUT2D eigenvalue weighted by molar-refractivity contribution is -0.117. The zero-order valence-electron chi connectivity index (χ0n) is 12.0. The number of benzene rings is 1. The molecular formula is C13H15Cl2NO5S. The van der Waals surface area contributed by atoms with E-state index >= 15 is 0 Å². The van der Waals surface area contributed by atoms with Gasteiger partial charge >= 0.3 is 0 Å². The van der Waals surface area contributed by atoms with Crippen molar-refractivity contribution in [2.75, 3.05) is 31.4 Å². The van der Waals surface area contributed by atoms with Gasteiger partial charge in [-0.15, -0.1) is 0 Å². The zero-order valence-corrected chi connectivity index (χ0v) is 14.3. The molecule has 22 heavy (non-hydrogen) atoms. The van der Waals surface area contributed by atoms with Gasteiger partial charge in [-0.05, 0) is 0 Å². The van der Waals surface area contributed by atoms with Crippen molar-refractivity contribution in [1.82, 2.24) is 0 Å². The first-order chi connectivity index (χ1) is 10.2. The number of carbonyl (C=O) groups excluding carboxylic acids is 1. The summed E-state index contributed by atoms with van der Waals surface area (Å²) in [6.07, 6.45) is 0.111. The maximum absolute atomic E-state index is 12.2. The van der Waals surface area contributed by atoms with Crippen molar-refractivity contribution < 1.29 is 22.7 Å². The topological polar surface area (TPSA) is 72.9 Å². The van der Waals surface area contributed by atoms with Crippen molar-refractivity contribution >= 4 is 42.9 Å². The van der Waals surface area contributed by atoms with E-state index in [0.717, 1.165) is 0 Å². The molecular weight excluding hydrogens is 353 g/mol. The van der Waals surface area contributed by atoms with Crippen LogP contribution in [0.25, 0.3) is 0 Å². The molecule has 1 aliphatic heterocycles. The Labute approximate surface area is 138 Å². The summed E-state index contributed by atoms with van der Waals surface area (Å²) in [4.78, 5) is 13.6. The first-order valence-electron chi connectivity index (χ1n) is 6.39. The number of halogens is 2. The van der Waals surface area contributed by atoms with Crippen molar-refractivity contribution in [3.8, 4) is 11.5 Å². The third-order valence-electron chi connectivity index (χ3n) is 3.38. The van der Waals surface area contributed by atoms with Crippen molar-refractivity contribution in [1.29, 1.82) is 0 Å². The van der Waals surface area contributed by atoms with E-state index in [2.05, 4.69) is 0 Å². The SMILES string of the molecule is COc1cc(N2CC(CS(=O)(=O)Cl)CC2=O)c(OC)cc1Cl. The molecule has 2 rings (SSSR count). The summed E-state index contributed by atoms with van der Waals surface area (Å²) in [5.74, 6) is 0.00527. The fourth-order valence-corrected chi connectivity index (χ4v) is 4.01. The summed E-state index contributed by atoms with van der Waals surface area (Å²) in [6, 6.07) is 3.14. The second-order valence-electron chi connectivity index (χ2n) is 4.94. The zero-order chi connectivity index (χ0) is 16.5. The lowest BCUT2D eigenvalue weighted by Crippen LogP contribution is -2.25. The fourth-order valence-electron chi connectivity index (χ4n) is 2.46. The van der Waals surface area contributed by atoms with E-state index in [1.165, 1.54) is 19.1 Å². The molecule has 0 N–H and O–H groups in total. The Morgan fingerprint density at radius 3 is 2.45 bits per heavy atom. The minimum Gasteiger partial charge on any atom is -0.495 e. The van der Waals surface area contributed by atoms with Crippen LogP contribution in [0.1, 0.15) is 6.42 Å². The predicted octanol–water partition coefficient (Wildman–Crippen LogP) is 2.28. The third-order valence-corrected chi connectivity index (χ3v) is 4.93. The Hall–Kier alpha value is -1.18.